The third-order valence-electron chi connectivity index (χ3n) is 4.97. The highest BCUT2D eigenvalue weighted by Gasteiger charge is 2.34. The molecule has 6 heteroatoms. The van der Waals surface area contributed by atoms with Crippen LogP contribution in [0.1, 0.15) is 44.2 Å². The maximum atomic E-state index is 9.39. The molecule has 2 heterocycles. The number of nitrogens with two attached hydrogens (primary N) is 2. The third kappa shape index (κ3) is 2.42. The van der Waals surface area contributed by atoms with Gasteiger partial charge in [0.25, 0.3) is 0 Å². The molecule has 0 spiro atoms. The predicted octanol–water partition coefficient (Wildman–Crippen LogP) is 2.90. The van der Waals surface area contributed by atoms with Crippen LogP contribution in [0, 0.1) is 11.3 Å². The van der Waals surface area contributed by atoms with Crippen LogP contribution in [-0.4, -0.2) is 22.6 Å². The first-order chi connectivity index (χ1) is 11.2. The van der Waals surface area contributed by atoms with Gasteiger partial charge in [0.1, 0.15) is 17.5 Å². The Kier molecular flexibility index (Phi) is 3.60. The number of benzene rings is 1. The lowest BCUT2D eigenvalue weighted by Crippen LogP contribution is -2.45. The summed E-state index contributed by atoms with van der Waals surface area (Å²) in [5.41, 5.74) is 15.7. The van der Waals surface area contributed by atoms with Gasteiger partial charge in [-0.3, -0.25) is 0 Å². The lowest BCUT2D eigenvalue weighted by molar-refractivity contribution is 0.395. The quantitative estimate of drug-likeness (QED) is 0.836. The second-order valence-electron chi connectivity index (χ2n) is 7.05. The molecule has 3 rings (SSSR count). The zero-order valence-corrected chi connectivity index (χ0v) is 14.5. The maximum Gasteiger partial charge on any atom is 0.222 e. The highest BCUT2D eigenvalue weighted by molar-refractivity contribution is 5.76. The Hall–Kier alpha value is -2.81. The van der Waals surface area contributed by atoms with E-state index in [1.807, 2.05) is 6.07 Å². The van der Waals surface area contributed by atoms with Crippen LogP contribution >= 0.6 is 0 Å². The molecule has 1 atom stereocenters. The number of nitrogens with zero attached hydrogens (tertiary/aromatic N) is 4. The molecule has 0 saturated carbocycles. The molecule has 0 aliphatic carbocycles. The van der Waals surface area contributed by atoms with Crippen molar-refractivity contribution >= 4 is 17.5 Å². The number of aromatic nitrogens is 2. The Labute approximate surface area is 142 Å². The monoisotopic (exact) mass is 322 g/mol. The van der Waals surface area contributed by atoms with E-state index in [0.29, 0.717) is 11.6 Å². The summed E-state index contributed by atoms with van der Waals surface area (Å²) in [6.45, 7) is 6.73. The zero-order valence-electron chi connectivity index (χ0n) is 14.5. The molecule has 0 bridgehead atoms. The van der Waals surface area contributed by atoms with Crippen molar-refractivity contribution < 1.29 is 0 Å². The summed E-state index contributed by atoms with van der Waals surface area (Å²) in [5, 5.41) is 9.39. The number of anilines is 3. The van der Waals surface area contributed by atoms with Gasteiger partial charge in [0.2, 0.25) is 5.95 Å². The van der Waals surface area contributed by atoms with Crippen molar-refractivity contribution in [3.05, 3.63) is 29.3 Å². The van der Waals surface area contributed by atoms with Crippen LogP contribution in [0.2, 0.25) is 0 Å². The summed E-state index contributed by atoms with van der Waals surface area (Å²) in [5.74, 6) is 0.600. The third-order valence-corrected chi connectivity index (χ3v) is 4.97. The molecule has 124 valence electrons. The van der Waals surface area contributed by atoms with Gasteiger partial charge >= 0.3 is 0 Å². The highest BCUT2D eigenvalue weighted by Crippen LogP contribution is 2.43. The SMILES string of the molecule is CC1CC(C)(C)N(C)c2ccc(-c3nc(N)nc(N)c3C#N)cc21. The fourth-order valence-corrected chi connectivity index (χ4v) is 3.54. The summed E-state index contributed by atoms with van der Waals surface area (Å²) < 4.78 is 0. The van der Waals surface area contributed by atoms with Gasteiger partial charge in [-0.05, 0) is 43.9 Å². The minimum absolute atomic E-state index is 0.0746. The molecule has 0 radical (unpaired) electrons. The highest BCUT2D eigenvalue weighted by atomic mass is 15.2. The van der Waals surface area contributed by atoms with Crippen LogP contribution in [0.3, 0.4) is 0 Å². The van der Waals surface area contributed by atoms with E-state index in [-0.39, 0.29) is 22.9 Å². The molecule has 6 nitrogen and oxygen atoms in total. The molecule has 1 aliphatic rings. The average Bonchev–Trinajstić information content (AvgIpc) is 2.51. The second-order valence-corrected chi connectivity index (χ2v) is 7.05. The second kappa shape index (κ2) is 5.38. The van der Waals surface area contributed by atoms with E-state index >= 15 is 0 Å². The molecule has 1 unspecified atom stereocenters. The maximum absolute atomic E-state index is 9.39. The van der Waals surface area contributed by atoms with Crippen LogP contribution in [0.5, 0.6) is 0 Å². The van der Waals surface area contributed by atoms with Gasteiger partial charge in [-0.25, -0.2) is 4.98 Å². The fourth-order valence-electron chi connectivity index (χ4n) is 3.54. The number of rotatable bonds is 1. The van der Waals surface area contributed by atoms with E-state index in [2.05, 4.69) is 60.9 Å². The van der Waals surface area contributed by atoms with Crippen molar-refractivity contribution in [3.63, 3.8) is 0 Å². The van der Waals surface area contributed by atoms with E-state index in [0.717, 1.165) is 12.0 Å². The zero-order chi connectivity index (χ0) is 17.6. The number of nitriles is 1. The van der Waals surface area contributed by atoms with Crippen molar-refractivity contribution in [1.29, 1.82) is 5.26 Å². The average molecular weight is 322 g/mol. The Bertz CT molecular complexity index is 849. The lowest BCUT2D eigenvalue weighted by atomic mass is 9.80. The summed E-state index contributed by atoms with van der Waals surface area (Å²) in [4.78, 5) is 10.4. The predicted molar refractivity (Wildman–Crippen MR) is 96.5 cm³/mol. The van der Waals surface area contributed by atoms with Crippen LogP contribution in [-0.2, 0) is 0 Å². The van der Waals surface area contributed by atoms with Crippen LogP contribution < -0.4 is 16.4 Å². The van der Waals surface area contributed by atoms with Gasteiger partial charge in [0.15, 0.2) is 0 Å². The van der Waals surface area contributed by atoms with Crippen molar-refractivity contribution in [3.8, 4) is 17.3 Å². The van der Waals surface area contributed by atoms with Gasteiger partial charge in [-0.15, -0.1) is 0 Å². The van der Waals surface area contributed by atoms with Crippen LogP contribution in [0.4, 0.5) is 17.5 Å². The van der Waals surface area contributed by atoms with Crippen molar-refractivity contribution in [2.24, 2.45) is 0 Å². The Balaban J connectivity index is 2.18. The molecule has 1 aromatic carbocycles. The fraction of sp³-hybridized carbons (Fsp3) is 0.389. The van der Waals surface area contributed by atoms with Crippen LogP contribution in [0.15, 0.2) is 18.2 Å². The van der Waals surface area contributed by atoms with Crippen molar-refractivity contribution in [2.75, 3.05) is 23.4 Å². The largest absolute Gasteiger partial charge is 0.382 e. The molecular formula is C18H22N6. The van der Waals surface area contributed by atoms with Gasteiger partial charge in [-0.1, -0.05) is 13.0 Å². The summed E-state index contributed by atoms with van der Waals surface area (Å²) in [7, 11) is 2.12. The molecule has 1 aromatic heterocycles. The smallest absolute Gasteiger partial charge is 0.222 e. The van der Waals surface area contributed by atoms with E-state index in [4.69, 9.17) is 11.5 Å². The Morgan fingerprint density at radius 3 is 2.67 bits per heavy atom. The standard InChI is InChI=1S/C18H22N6/c1-10-8-18(2,3)24(4)14-6-5-11(7-12(10)14)15-13(9-19)16(20)23-17(21)22-15/h5-7,10H,8H2,1-4H3,(H4,20,21,22,23). The number of hydrogen-bond donors (Lipinski definition) is 2. The summed E-state index contributed by atoms with van der Waals surface area (Å²) >= 11 is 0. The van der Waals surface area contributed by atoms with Gasteiger partial charge < -0.3 is 16.4 Å². The molecular weight excluding hydrogens is 300 g/mol. The lowest BCUT2D eigenvalue weighted by Gasteiger charge is -2.45. The number of hydrogen-bond acceptors (Lipinski definition) is 6. The van der Waals surface area contributed by atoms with Crippen LogP contribution in [0.25, 0.3) is 11.3 Å². The summed E-state index contributed by atoms with van der Waals surface area (Å²) in [6, 6.07) is 8.22. The number of nitrogen functional groups attached to an aromatic ring is 2. The number of fused-ring (bicyclic) bond motifs is 1. The Morgan fingerprint density at radius 1 is 1.29 bits per heavy atom. The minimum Gasteiger partial charge on any atom is -0.382 e. The molecule has 4 N–H and O–H groups in total. The van der Waals surface area contributed by atoms with Gasteiger partial charge in [-0.2, -0.15) is 10.2 Å². The van der Waals surface area contributed by atoms with Gasteiger partial charge in [0.05, 0.1) is 5.69 Å². The van der Waals surface area contributed by atoms with Crippen molar-refractivity contribution in [1.82, 2.24) is 9.97 Å². The molecule has 24 heavy (non-hydrogen) atoms. The van der Waals surface area contributed by atoms with E-state index in [1.165, 1.54) is 11.3 Å². The van der Waals surface area contributed by atoms with Gasteiger partial charge in [0, 0.05) is 23.8 Å². The van der Waals surface area contributed by atoms with E-state index in [1.54, 1.807) is 0 Å². The first kappa shape index (κ1) is 16.1. The Morgan fingerprint density at radius 2 is 2.00 bits per heavy atom. The van der Waals surface area contributed by atoms with Crippen molar-refractivity contribution in [2.45, 2.75) is 38.6 Å². The molecule has 0 amide bonds. The normalized spacial score (nSPS) is 18.8. The molecule has 2 aromatic rings. The minimum atomic E-state index is 0.0746. The van der Waals surface area contributed by atoms with E-state index < -0.39 is 0 Å². The first-order valence-corrected chi connectivity index (χ1v) is 7.96. The van der Waals surface area contributed by atoms with E-state index in [9.17, 15) is 5.26 Å². The first-order valence-electron chi connectivity index (χ1n) is 7.96. The molecule has 0 saturated heterocycles. The summed E-state index contributed by atoms with van der Waals surface area (Å²) in [6.07, 6.45) is 1.05. The molecule has 1 aliphatic heterocycles. The molecule has 0 fully saturated rings. The topological polar surface area (TPSA) is 105 Å².